The van der Waals surface area contributed by atoms with Crippen LogP contribution in [0.5, 0.6) is 5.75 Å². The molecule has 0 aliphatic rings. The molecule has 42 heavy (non-hydrogen) atoms. The zero-order chi connectivity index (χ0) is 30.2. The Morgan fingerprint density at radius 1 is 1.00 bits per heavy atom. The van der Waals surface area contributed by atoms with Gasteiger partial charge in [-0.1, -0.05) is 53.5 Å². The number of nitrogens with one attached hydrogen (secondary N) is 3. The maximum Gasteiger partial charge on any atom is 0.318 e. The second-order valence-electron chi connectivity index (χ2n) is 9.26. The van der Waals surface area contributed by atoms with Gasteiger partial charge in [-0.15, -0.1) is 0 Å². The van der Waals surface area contributed by atoms with Gasteiger partial charge in [-0.2, -0.15) is 0 Å². The molecule has 4 amide bonds. The van der Waals surface area contributed by atoms with Crippen molar-refractivity contribution in [2.24, 2.45) is 0 Å². The molecule has 0 saturated heterocycles. The fraction of sp³-hybridized carbons (Fsp3) is 0.161. The second kappa shape index (κ2) is 13.8. The molecule has 4 rings (SSSR count). The van der Waals surface area contributed by atoms with E-state index in [1.54, 1.807) is 49.5 Å². The van der Waals surface area contributed by atoms with Gasteiger partial charge < -0.3 is 25.6 Å². The van der Waals surface area contributed by atoms with Gasteiger partial charge in [0.15, 0.2) is 0 Å². The minimum Gasteiger partial charge on any atom is -0.487 e. The first kappa shape index (κ1) is 30.4. The van der Waals surface area contributed by atoms with Gasteiger partial charge in [0, 0.05) is 47.5 Å². The van der Waals surface area contributed by atoms with Crippen molar-refractivity contribution in [2.45, 2.75) is 13.5 Å². The number of carbonyl (C=O) groups is 3. The molecule has 0 unspecified atom stereocenters. The van der Waals surface area contributed by atoms with E-state index in [0.717, 1.165) is 22.2 Å². The Balaban J connectivity index is 1.37. The van der Waals surface area contributed by atoms with Gasteiger partial charge in [-0.25, -0.2) is 9.78 Å². The summed E-state index contributed by atoms with van der Waals surface area (Å²) < 4.78 is 6.07. The summed E-state index contributed by atoms with van der Waals surface area (Å²) in [6, 6.07) is 19.4. The van der Waals surface area contributed by atoms with Crippen LogP contribution >= 0.6 is 23.2 Å². The zero-order valence-electron chi connectivity index (χ0n) is 23.2. The summed E-state index contributed by atoms with van der Waals surface area (Å²) in [6.07, 6.45) is 2.92. The topological polar surface area (TPSA) is 113 Å². The summed E-state index contributed by atoms with van der Waals surface area (Å²) in [5.41, 5.74) is 3.89. The molecule has 3 aromatic carbocycles. The summed E-state index contributed by atoms with van der Waals surface area (Å²) in [4.78, 5) is 42.6. The van der Waals surface area contributed by atoms with E-state index in [1.165, 1.54) is 18.0 Å². The van der Waals surface area contributed by atoms with Crippen LogP contribution in [0.1, 0.15) is 16.8 Å². The number of nitrogens with zero attached hydrogens (tertiary/aromatic N) is 2. The Labute approximate surface area is 253 Å². The number of halogens is 2. The van der Waals surface area contributed by atoms with Crippen LogP contribution in [0.2, 0.25) is 10.0 Å². The fourth-order valence-electron chi connectivity index (χ4n) is 3.98. The first-order valence-corrected chi connectivity index (χ1v) is 13.7. The van der Waals surface area contributed by atoms with Gasteiger partial charge in [0.2, 0.25) is 11.8 Å². The third-order valence-electron chi connectivity index (χ3n) is 6.33. The Morgan fingerprint density at radius 2 is 1.76 bits per heavy atom. The third kappa shape index (κ3) is 7.57. The lowest BCUT2D eigenvalue weighted by Crippen LogP contribution is -2.37. The molecule has 9 nitrogen and oxygen atoms in total. The molecule has 0 aliphatic heterocycles. The van der Waals surface area contributed by atoms with Crippen LogP contribution < -0.4 is 25.6 Å². The van der Waals surface area contributed by atoms with Crippen LogP contribution in [0.25, 0.3) is 17.0 Å². The number of rotatable bonds is 9. The first-order valence-electron chi connectivity index (χ1n) is 12.9. The highest BCUT2D eigenvalue weighted by atomic mass is 35.5. The molecule has 1 aromatic heterocycles. The number of aryl methyl sites for hydroxylation is 1. The maximum absolute atomic E-state index is 12.9. The summed E-state index contributed by atoms with van der Waals surface area (Å²) in [7, 11) is 3.09. The number of pyridine rings is 1. The molecule has 11 heteroatoms. The summed E-state index contributed by atoms with van der Waals surface area (Å²) in [6.45, 7) is 1.72. The number of benzene rings is 3. The first-order chi connectivity index (χ1) is 20.2. The Kier molecular flexibility index (Phi) is 10.0. The lowest BCUT2D eigenvalue weighted by atomic mass is 10.1. The number of carbonyl (C=O) groups excluding carboxylic acids is 3. The van der Waals surface area contributed by atoms with E-state index in [2.05, 4.69) is 20.9 Å². The molecule has 1 heterocycles. The van der Waals surface area contributed by atoms with E-state index in [9.17, 15) is 14.4 Å². The number of amides is 4. The molecule has 216 valence electrons. The van der Waals surface area contributed by atoms with Crippen molar-refractivity contribution < 1.29 is 19.1 Å². The van der Waals surface area contributed by atoms with Gasteiger partial charge >= 0.3 is 6.03 Å². The number of para-hydroxylation sites is 1. The molecular formula is C31H29Cl2N5O4. The number of hydrogen-bond acceptors (Lipinski definition) is 5. The average molecular weight is 607 g/mol. The summed E-state index contributed by atoms with van der Waals surface area (Å²) >= 11 is 13.1. The van der Waals surface area contributed by atoms with E-state index in [4.69, 9.17) is 27.9 Å². The van der Waals surface area contributed by atoms with E-state index >= 15 is 0 Å². The SMILES string of the molecule is CNC(=O)Nc1ccc(/C=C/C(=O)NCC(=O)N(C)c2ccc(Cl)c(COc3cccc4ccc(C)nc34)c2Cl)cc1. The predicted molar refractivity (Wildman–Crippen MR) is 167 cm³/mol. The molecule has 0 atom stereocenters. The fourth-order valence-corrected chi connectivity index (χ4v) is 4.58. The number of hydrogen-bond donors (Lipinski definition) is 3. The van der Waals surface area contributed by atoms with Gasteiger partial charge in [0.25, 0.3) is 0 Å². The zero-order valence-corrected chi connectivity index (χ0v) is 24.7. The van der Waals surface area contributed by atoms with Crippen molar-refractivity contribution in [3.05, 3.63) is 99.7 Å². The van der Waals surface area contributed by atoms with Crippen molar-refractivity contribution in [2.75, 3.05) is 30.9 Å². The molecule has 0 bridgehead atoms. The highest BCUT2D eigenvalue weighted by Gasteiger charge is 2.19. The Bertz CT molecular complexity index is 1660. The molecule has 0 radical (unpaired) electrons. The van der Waals surface area contributed by atoms with Crippen LogP contribution in [-0.2, 0) is 16.2 Å². The quantitative estimate of drug-likeness (QED) is 0.203. The van der Waals surface area contributed by atoms with E-state index in [1.807, 2.05) is 37.3 Å². The highest BCUT2D eigenvalue weighted by Crippen LogP contribution is 2.35. The normalized spacial score (nSPS) is 10.9. The van der Waals surface area contributed by atoms with E-state index in [0.29, 0.717) is 27.7 Å². The molecule has 0 spiro atoms. The van der Waals surface area contributed by atoms with E-state index < -0.39 is 5.91 Å². The van der Waals surface area contributed by atoms with Crippen molar-refractivity contribution in [1.82, 2.24) is 15.6 Å². The monoisotopic (exact) mass is 605 g/mol. The smallest absolute Gasteiger partial charge is 0.318 e. The summed E-state index contributed by atoms with van der Waals surface area (Å²) in [5.74, 6) is -0.240. The standard InChI is InChI=1S/C31H29Cl2N5O4/c1-19-7-11-21-5-4-6-26(30(21)36-19)42-18-23-24(32)14-15-25(29(23)33)38(3)28(40)17-35-27(39)16-10-20-8-12-22(13-9-20)37-31(41)34-2/h4-16H,17-18H2,1-3H3,(H,35,39)(H2,34,37,41)/b16-10+. The highest BCUT2D eigenvalue weighted by molar-refractivity contribution is 6.38. The second-order valence-corrected chi connectivity index (χ2v) is 10.0. The number of ether oxygens (including phenoxy) is 1. The third-order valence-corrected chi connectivity index (χ3v) is 7.11. The molecule has 3 N–H and O–H groups in total. The molecular weight excluding hydrogens is 577 g/mol. The van der Waals surface area contributed by atoms with E-state index in [-0.39, 0.29) is 30.1 Å². The predicted octanol–water partition coefficient (Wildman–Crippen LogP) is 5.97. The maximum atomic E-state index is 12.9. The van der Waals surface area contributed by atoms with Crippen LogP contribution in [-0.4, -0.2) is 43.5 Å². The number of aromatic nitrogens is 1. The minimum absolute atomic E-state index is 0.0621. The summed E-state index contributed by atoms with van der Waals surface area (Å²) in [5, 5.41) is 9.30. The lowest BCUT2D eigenvalue weighted by Gasteiger charge is -2.21. The average Bonchev–Trinajstić information content (AvgIpc) is 2.99. The van der Waals surface area contributed by atoms with Crippen LogP contribution in [0.3, 0.4) is 0 Å². The lowest BCUT2D eigenvalue weighted by molar-refractivity contribution is -0.122. The number of fused-ring (bicyclic) bond motifs is 1. The van der Waals surface area contributed by atoms with Gasteiger partial charge in [0.05, 0.1) is 17.3 Å². The van der Waals surface area contributed by atoms with Crippen molar-refractivity contribution in [3.8, 4) is 5.75 Å². The van der Waals surface area contributed by atoms with Crippen LogP contribution in [0.4, 0.5) is 16.2 Å². The minimum atomic E-state index is -0.445. The number of likely N-dealkylation sites (N-methyl/N-ethyl adjacent to an activating group) is 1. The number of urea groups is 1. The van der Waals surface area contributed by atoms with Crippen LogP contribution in [0, 0.1) is 6.92 Å². The van der Waals surface area contributed by atoms with Crippen molar-refractivity contribution >= 4 is 69.4 Å². The number of anilines is 2. The van der Waals surface area contributed by atoms with Crippen molar-refractivity contribution in [1.29, 1.82) is 0 Å². The van der Waals surface area contributed by atoms with Gasteiger partial charge in [-0.3, -0.25) is 9.59 Å². The molecule has 4 aromatic rings. The molecule has 0 aliphatic carbocycles. The largest absolute Gasteiger partial charge is 0.487 e. The van der Waals surface area contributed by atoms with Crippen LogP contribution in [0.15, 0.2) is 72.8 Å². The van der Waals surface area contributed by atoms with Crippen molar-refractivity contribution in [3.63, 3.8) is 0 Å². The molecule has 0 saturated carbocycles. The Morgan fingerprint density at radius 3 is 2.50 bits per heavy atom. The van der Waals surface area contributed by atoms with Gasteiger partial charge in [-0.05, 0) is 55.0 Å². The van der Waals surface area contributed by atoms with Gasteiger partial charge in [0.1, 0.15) is 17.9 Å². The molecule has 0 fully saturated rings. The Hall–Kier alpha value is -4.60.